The van der Waals surface area contributed by atoms with Crippen LogP contribution in [0.25, 0.3) is 11.4 Å². The largest absolute Gasteiger partial charge is 0.387 e. The number of aliphatic hydroxyl groups excluding tert-OH is 1. The number of nitrogens with zero attached hydrogens (tertiary/aromatic N) is 4. The normalized spacial score (nSPS) is 12.6. The molecule has 1 amide bonds. The van der Waals surface area contributed by atoms with Crippen LogP contribution in [0.3, 0.4) is 0 Å². The number of aromatic nitrogens is 3. The first-order chi connectivity index (χ1) is 16.2. The summed E-state index contributed by atoms with van der Waals surface area (Å²) in [5.41, 5.74) is 6.61. The maximum atomic E-state index is 14.0. The van der Waals surface area contributed by atoms with E-state index in [1.807, 2.05) is 51.1 Å². The van der Waals surface area contributed by atoms with Gasteiger partial charge in [0.1, 0.15) is 12.4 Å². The van der Waals surface area contributed by atoms with Crippen molar-refractivity contribution in [1.82, 2.24) is 19.7 Å². The van der Waals surface area contributed by atoms with Gasteiger partial charge in [0, 0.05) is 12.1 Å². The van der Waals surface area contributed by atoms with Crippen molar-refractivity contribution < 1.29 is 14.3 Å². The average molecular weight is 488 g/mol. The third-order valence-electron chi connectivity index (χ3n) is 5.48. The summed E-state index contributed by atoms with van der Waals surface area (Å²) in [6.45, 7) is 6.49. The summed E-state index contributed by atoms with van der Waals surface area (Å²) in [5.74, 6) is -0.0915. The Bertz CT molecular complexity index is 1110. The molecule has 1 aromatic heterocycles. The quantitative estimate of drug-likeness (QED) is 0.474. The first kappa shape index (κ1) is 25.8. The molecule has 0 aliphatic rings. The van der Waals surface area contributed by atoms with Crippen LogP contribution in [0, 0.1) is 11.2 Å². The molecule has 2 aromatic carbocycles. The molecule has 0 spiro atoms. The zero-order valence-corrected chi connectivity index (χ0v) is 20.5. The molecule has 0 saturated heterocycles. The second-order valence-electron chi connectivity index (χ2n) is 9.22. The number of carbonyl (C=O) groups is 1. The van der Waals surface area contributed by atoms with E-state index in [9.17, 15) is 14.3 Å². The molecule has 0 radical (unpaired) electrons. The molecule has 3 aromatic rings. The Hall–Kier alpha value is -2.81. The van der Waals surface area contributed by atoms with Crippen molar-refractivity contribution in [3.8, 4) is 11.4 Å². The summed E-state index contributed by atoms with van der Waals surface area (Å²) >= 11 is 6.36. The molecule has 34 heavy (non-hydrogen) atoms. The van der Waals surface area contributed by atoms with Crippen LogP contribution in [0.4, 0.5) is 4.39 Å². The highest BCUT2D eigenvalue weighted by Crippen LogP contribution is 2.39. The number of hydrogen-bond donors (Lipinski definition) is 2. The molecule has 182 valence electrons. The lowest BCUT2D eigenvalue weighted by atomic mass is 9.84. The fourth-order valence-corrected chi connectivity index (χ4v) is 4.16. The zero-order valence-electron chi connectivity index (χ0n) is 19.7. The number of halogens is 2. The number of carbonyl (C=O) groups excluding carboxylic acids is 1. The molecule has 0 bridgehead atoms. The maximum absolute atomic E-state index is 14.0. The van der Waals surface area contributed by atoms with E-state index in [-0.39, 0.29) is 5.82 Å². The predicted molar refractivity (Wildman–Crippen MR) is 131 cm³/mol. The second-order valence-corrected chi connectivity index (χ2v) is 9.62. The Kier molecular flexibility index (Phi) is 8.41. The lowest BCUT2D eigenvalue weighted by Crippen LogP contribution is -2.44. The fourth-order valence-electron chi connectivity index (χ4n) is 3.96. The lowest BCUT2D eigenvalue weighted by Gasteiger charge is -2.39. The Labute approximate surface area is 204 Å². The van der Waals surface area contributed by atoms with Crippen LogP contribution in [0.5, 0.6) is 0 Å². The van der Waals surface area contributed by atoms with E-state index >= 15 is 0 Å². The highest BCUT2D eigenvalue weighted by Gasteiger charge is 2.38. The van der Waals surface area contributed by atoms with E-state index in [1.165, 1.54) is 18.2 Å². The molecular weight excluding hydrogens is 457 g/mol. The van der Waals surface area contributed by atoms with Gasteiger partial charge in [-0.05, 0) is 42.1 Å². The van der Waals surface area contributed by atoms with Crippen molar-refractivity contribution in [2.75, 3.05) is 19.7 Å². The summed E-state index contributed by atoms with van der Waals surface area (Å²) < 4.78 is 15.8. The molecule has 1 atom stereocenters. The third kappa shape index (κ3) is 6.00. The summed E-state index contributed by atoms with van der Waals surface area (Å²) in [4.78, 5) is 19.2. The van der Waals surface area contributed by atoms with Crippen LogP contribution >= 0.6 is 11.6 Å². The Morgan fingerprint density at radius 3 is 2.56 bits per heavy atom. The van der Waals surface area contributed by atoms with Crippen molar-refractivity contribution in [1.29, 1.82) is 0 Å². The van der Waals surface area contributed by atoms with Crippen molar-refractivity contribution in [2.45, 2.75) is 39.8 Å². The van der Waals surface area contributed by atoms with Crippen LogP contribution < -0.4 is 5.73 Å². The predicted octanol–water partition coefficient (Wildman–Crippen LogP) is 4.04. The van der Waals surface area contributed by atoms with Crippen molar-refractivity contribution >= 4 is 17.5 Å². The number of rotatable bonds is 9. The van der Waals surface area contributed by atoms with Gasteiger partial charge in [-0.1, -0.05) is 62.7 Å². The molecular formula is C25H31ClFN5O2. The van der Waals surface area contributed by atoms with Gasteiger partial charge in [-0.3, -0.25) is 4.79 Å². The molecule has 0 saturated carbocycles. The minimum atomic E-state index is -0.632. The van der Waals surface area contributed by atoms with E-state index in [2.05, 4.69) is 5.10 Å². The lowest BCUT2D eigenvalue weighted by molar-refractivity contribution is -0.139. The van der Waals surface area contributed by atoms with Crippen LogP contribution in [0.2, 0.25) is 5.02 Å². The number of hydrogen-bond acceptors (Lipinski definition) is 5. The Morgan fingerprint density at radius 2 is 1.94 bits per heavy atom. The van der Waals surface area contributed by atoms with Crippen LogP contribution in [-0.4, -0.2) is 50.4 Å². The van der Waals surface area contributed by atoms with Gasteiger partial charge < -0.3 is 15.7 Å². The molecule has 0 unspecified atom stereocenters. The van der Waals surface area contributed by atoms with Crippen LogP contribution in [0.1, 0.15) is 44.6 Å². The van der Waals surface area contributed by atoms with E-state index in [4.69, 9.17) is 22.3 Å². The highest BCUT2D eigenvalue weighted by molar-refractivity contribution is 6.33. The topological polar surface area (TPSA) is 97.3 Å². The minimum absolute atomic E-state index is 0.264. The first-order valence-electron chi connectivity index (χ1n) is 11.2. The van der Waals surface area contributed by atoms with Crippen molar-refractivity contribution in [3.05, 3.63) is 70.8 Å². The van der Waals surface area contributed by atoms with E-state index in [1.54, 1.807) is 9.58 Å². The van der Waals surface area contributed by atoms with Gasteiger partial charge in [-0.25, -0.2) is 14.1 Å². The molecule has 1 heterocycles. The number of amides is 1. The molecule has 7 nitrogen and oxygen atoms in total. The summed E-state index contributed by atoms with van der Waals surface area (Å²) in [6, 6.07) is 13.2. The van der Waals surface area contributed by atoms with Gasteiger partial charge in [0.15, 0.2) is 11.6 Å². The average Bonchev–Trinajstić information content (AvgIpc) is 3.19. The van der Waals surface area contributed by atoms with Gasteiger partial charge in [-0.2, -0.15) is 5.10 Å². The highest BCUT2D eigenvalue weighted by atomic mass is 35.5. The van der Waals surface area contributed by atoms with E-state index in [0.717, 1.165) is 5.56 Å². The molecule has 3 N–H and O–H groups in total. The van der Waals surface area contributed by atoms with E-state index in [0.29, 0.717) is 42.5 Å². The SMILES string of the molecule is CC(C)(C)[C@H](c1nc(-c2cc(F)ccc2Cl)nn1Cc1ccccc1)N(CCCN)C(=O)CO. The standard InChI is InChI=1S/C25H31ClFN5O2/c1-25(2,3)22(31(13-7-12-28)21(34)16-33)24-29-23(19-14-18(27)10-11-20(19)26)30-32(24)15-17-8-5-4-6-9-17/h4-6,8-11,14,22,33H,7,12-13,15-16,28H2,1-3H3/t22-/m0/s1. The monoisotopic (exact) mass is 487 g/mol. The van der Waals surface area contributed by atoms with Gasteiger partial charge in [0.2, 0.25) is 5.91 Å². The molecule has 0 aliphatic heterocycles. The summed E-state index contributed by atoms with van der Waals surface area (Å²) in [6.07, 6.45) is 0.563. The van der Waals surface area contributed by atoms with Crippen LogP contribution in [-0.2, 0) is 11.3 Å². The maximum Gasteiger partial charge on any atom is 0.248 e. The van der Waals surface area contributed by atoms with Gasteiger partial charge >= 0.3 is 0 Å². The Morgan fingerprint density at radius 1 is 1.24 bits per heavy atom. The van der Waals surface area contributed by atoms with Gasteiger partial charge in [-0.15, -0.1) is 0 Å². The summed E-state index contributed by atoms with van der Waals surface area (Å²) in [5, 5.41) is 14.7. The molecule has 9 heteroatoms. The number of nitrogens with two attached hydrogens (primary N) is 1. The number of benzene rings is 2. The van der Waals surface area contributed by atoms with Gasteiger partial charge in [0.05, 0.1) is 17.6 Å². The minimum Gasteiger partial charge on any atom is -0.387 e. The van der Waals surface area contributed by atoms with Crippen molar-refractivity contribution in [3.63, 3.8) is 0 Å². The number of aliphatic hydroxyl groups is 1. The first-order valence-corrected chi connectivity index (χ1v) is 11.6. The summed E-state index contributed by atoms with van der Waals surface area (Å²) in [7, 11) is 0. The van der Waals surface area contributed by atoms with Crippen molar-refractivity contribution in [2.24, 2.45) is 11.1 Å². The molecule has 0 aliphatic carbocycles. The Balaban J connectivity index is 2.20. The third-order valence-corrected chi connectivity index (χ3v) is 5.81. The van der Waals surface area contributed by atoms with E-state index < -0.39 is 29.8 Å². The molecule has 0 fully saturated rings. The smallest absolute Gasteiger partial charge is 0.248 e. The molecule has 3 rings (SSSR count). The fraction of sp³-hybridized carbons (Fsp3) is 0.400. The zero-order chi connectivity index (χ0) is 24.9. The second kappa shape index (κ2) is 11.1. The van der Waals surface area contributed by atoms with Crippen LogP contribution in [0.15, 0.2) is 48.5 Å². The van der Waals surface area contributed by atoms with Gasteiger partial charge in [0.25, 0.3) is 0 Å².